The summed E-state index contributed by atoms with van der Waals surface area (Å²) in [6.07, 6.45) is 1.80. The minimum absolute atomic E-state index is 0.374. The van der Waals surface area contributed by atoms with Gasteiger partial charge in [-0.15, -0.1) is 0 Å². The summed E-state index contributed by atoms with van der Waals surface area (Å²) in [5.41, 5.74) is 8.23. The molecular weight excluding hydrogens is 334 g/mol. The Kier molecular flexibility index (Phi) is 5.09. The van der Waals surface area contributed by atoms with Gasteiger partial charge in [0.15, 0.2) is 5.16 Å². The van der Waals surface area contributed by atoms with Crippen LogP contribution in [0.5, 0.6) is 5.75 Å². The van der Waals surface area contributed by atoms with E-state index in [-0.39, 0.29) is 11.2 Å². The van der Waals surface area contributed by atoms with Gasteiger partial charge in [-0.2, -0.15) is 0 Å². The van der Waals surface area contributed by atoms with Crippen molar-refractivity contribution in [2.24, 2.45) is 5.73 Å². The fourth-order valence-corrected chi connectivity index (χ4v) is 3.34. The molecule has 1 amide bonds. The number of nitrogens with zero attached hydrogens (tertiary/aromatic N) is 2. The predicted molar refractivity (Wildman–Crippen MR) is 100 cm³/mol. The van der Waals surface area contributed by atoms with Gasteiger partial charge in [-0.3, -0.25) is 9.36 Å². The maximum absolute atomic E-state index is 11.5. The first kappa shape index (κ1) is 17.1. The van der Waals surface area contributed by atoms with Crippen LogP contribution in [-0.4, -0.2) is 27.8 Å². The molecule has 0 fully saturated rings. The highest BCUT2D eigenvalue weighted by Crippen LogP contribution is 2.34. The number of thioether (sulfide) groups is 1. The maximum Gasteiger partial charge on any atom is 0.230 e. The third-order valence-corrected chi connectivity index (χ3v) is 4.89. The number of rotatable bonds is 6. The lowest BCUT2D eigenvalue weighted by atomic mass is 10.1. The summed E-state index contributed by atoms with van der Waals surface area (Å²) in [5.74, 6) is 0.354. The van der Waals surface area contributed by atoms with Gasteiger partial charge in [-0.1, -0.05) is 54.2 Å². The number of nitrogens with two attached hydrogens (primary N) is 1. The van der Waals surface area contributed by atoms with Crippen LogP contribution in [0.1, 0.15) is 6.92 Å². The Morgan fingerprint density at radius 2 is 1.84 bits per heavy atom. The molecule has 0 aliphatic heterocycles. The van der Waals surface area contributed by atoms with Crippen molar-refractivity contribution >= 4 is 17.7 Å². The van der Waals surface area contributed by atoms with Crippen LogP contribution in [0, 0.1) is 0 Å². The lowest BCUT2D eigenvalue weighted by molar-refractivity contribution is -0.117. The van der Waals surface area contributed by atoms with Gasteiger partial charge >= 0.3 is 0 Å². The van der Waals surface area contributed by atoms with E-state index in [1.54, 1.807) is 20.2 Å². The summed E-state index contributed by atoms with van der Waals surface area (Å²) in [6, 6.07) is 17.7. The van der Waals surface area contributed by atoms with Gasteiger partial charge < -0.3 is 10.5 Å². The fraction of sp³-hybridized carbons (Fsp3) is 0.158. The first-order valence-corrected chi connectivity index (χ1v) is 8.72. The molecule has 0 saturated heterocycles. The summed E-state index contributed by atoms with van der Waals surface area (Å²) in [5, 5.41) is 0.300. The van der Waals surface area contributed by atoms with Crippen molar-refractivity contribution < 1.29 is 9.53 Å². The largest absolute Gasteiger partial charge is 0.495 e. The number of aromatic nitrogens is 2. The van der Waals surface area contributed by atoms with Gasteiger partial charge in [0.05, 0.1) is 29.9 Å². The molecule has 0 aliphatic carbocycles. The molecular formula is C19H19N3O2S. The van der Waals surface area contributed by atoms with E-state index in [0.717, 1.165) is 22.7 Å². The summed E-state index contributed by atoms with van der Waals surface area (Å²) >= 11 is 1.33. The van der Waals surface area contributed by atoms with E-state index in [1.165, 1.54) is 11.8 Å². The van der Waals surface area contributed by atoms with E-state index in [1.807, 2.05) is 59.2 Å². The van der Waals surface area contributed by atoms with E-state index in [9.17, 15) is 4.79 Å². The summed E-state index contributed by atoms with van der Waals surface area (Å²) in [7, 11) is 1.64. The number of amides is 1. The molecule has 0 saturated carbocycles. The lowest BCUT2D eigenvalue weighted by Gasteiger charge is -2.16. The lowest BCUT2D eigenvalue weighted by Crippen LogP contribution is -2.23. The van der Waals surface area contributed by atoms with Crippen molar-refractivity contribution in [3.8, 4) is 22.7 Å². The first-order chi connectivity index (χ1) is 12.1. The second-order valence-corrected chi connectivity index (χ2v) is 6.77. The SMILES string of the molecule is COc1ccccc1-n1c(-c2ccccc2)cnc1S[C@H](C)C(N)=O. The molecule has 128 valence electrons. The van der Waals surface area contributed by atoms with Crippen molar-refractivity contribution in [3.05, 3.63) is 60.8 Å². The van der Waals surface area contributed by atoms with E-state index in [2.05, 4.69) is 4.98 Å². The number of ether oxygens (including phenoxy) is 1. The average Bonchev–Trinajstić information content (AvgIpc) is 3.05. The fourth-order valence-electron chi connectivity index (χ4n) is 2.49. The zero-order valence-electron chi connectivity index (χ0n) is 14.0. The molecule has 0 bridgehead atoms. The van der Waals surface area contributed by atoms with Crippen LogP contribution < -0.4 is 10.5 Å². The molecule has 6 heteroatoms. The van der Waals surface area contributed by atoms with Gasteiger partial charge in [0, 0.05) is 5.56 Å². The third kappa shape index (κ3) is 3.53. The zero-order valence-corrected chi connectivity index (χ0v) is 14.9. The van der Waals surface area contributed by atoms with Gasteiger partial charge in [-0.05, 0) is 19.1 Å². The molecule has 1 heterocycles. The smallest absolute Gasteiger partial charge is 0.230 e. The second-order valence-electron chi connectivity index (χ2n) is 5.46. The molecule has 2 aromatic carbocycles. The van der Waals surface area contributed by atoms with Crippen LogP contribution in [-0.2, 0) is 4.79 Å². The number of hydrogen-bond donors (Lipinski definition) is 1. The highest BCUT2D eigenvalue weighted by atomic mass is 32.2. The predicted octanol–water partition coefficient (Wildman–Crippen LogP) is 3.51. The summed E-state index contributed by atoms with van der Waals surface area (Å²) in [6.45, 7) is 1.77. The van der Waals surface area contributed by atoms with Crippen LogP contribution in [0.2, 0.25) is 0 Å². The van der Waals surface area contributed by atoms with Gasteiger partial charge in [0.1, 0.15) is 5.75 Å². The highest BCUT2D eigenvalue weighted by molar-refractivity contribution is 8.00. The van der Waals surface area contributed by atoms with Gasteiger partial charge in [0.2, 0.25) is 5.91 Å². The van der Waals surface area contributed by atoms with E-state index < -0.39 is 0 Å². The van der Waals surface area contributed by atoms with Crippen molar-refractivity contribution in [1.29, 1.82) is 0 Å². The van der Waals surface area contributed by atoms with Crippen LogP contribution in [0.25, 0.3) is 16.9 Å². The monoisotopic (exact) mass is 353 g/mol. The Hall–Kier alpha value is -2.73. The topological polar surface area (TPSA) is 70.1 Å². The van der Waals surface area contributed by atoms with Gasteiger partial charge in [0.25, 0.3) is 0 Å². The van der Waals surface area contributed by atoms with Crippen molar-refractivity contribution in [2.45, 2.75) is 17.3 Å². The normalized spacial score (nSPS) is 11.9. The molecule has 0 unspecified atom stereocenters. The van der Waals surface area contributed by atoms with Crippen molar-refractivity contribution in [2.75, 3.05) is 7.11 Å². The van der Waals surface area contributed by atoms with Crippen LogP contribution in [0.3, 0.4) is 0 Å². The Labute approximate surface area is 150 Å². The molecule has 0 aliphatic rings. The standard InChI is InChI=1S/C19H19N3O2S/c1-13(18(20)23)25-19-21-12-16(14-8-4-3-5-9-14)22(19)15-10-6-7-11-17(15)24-2/h3-13H,1-2H3,(H2,20,23)/t13-/m1/s1. The number of imidazole rings is 1. The van der Waals surface area contributed by atoms with Crippen LogP contribution >= 0.6 is 11.8 Å². The molecule has 25 heavy (non-hydrogen) atoms. The number of para-hydroxylation sites is 2. The number of methoxy groups -OCH3 is 1. The molecule has 0 radical (unpaired) electrons. The van der Waals surface area contributed by atoms with Crippen LogP contribution in [0.15, 0.2) is 66.0 Å². The summed E-state index contributed by atoms with van der Waals surface area (Å²) < 4.78 is 7.52. The second kappa shape index (κ2) is 7.44. The zero-order chi connectivity index (χ0) is 17.8. The Bertz CT molecular complexity index is 877. The van der Waals surface area contributed by atoms with Crippen LogP contribution in [0.4, 0.5) is 0 Å². The number of primary amides is 1. The molecule has 1 atom stereocenters. The van der Waals surface area contributed by atoms with Crippen molar-refractivity contribution in [3.63, 3.8) is 0 Å². The Balaban J connectivity index is 2.18. The number of carbonyl (C=O) groups is 1. The minimum atomic E-state index is -0.389. The van der Waals surface area contributed by atoms with E-state index in [4.69, 9.17) is 10.5 Å². The molecule has 2 N–H and O–H groups in total. The highest BCUT2D eigenvalue weighted by Gasteiger charge is 2.20. The minimum Gasteiger partial charge on any atom is -0.495 e. The molecule has 1 aromatic heterocycles. The van der Waals surface area contributed by atoms with E-state index in [0.29, 0.717) is 5.16 Å². The maximum atomic E-state index is 11.5. The van der Waals surface area contributed by atoms with Gasteiger partial charge in [-0.25, -0.2) is 4.98 Å². The number of hydrogen-bond acceptors (Lipinski definition) is 4. The summed E-state index contributed by atoms with van der Waals surface area (Å²) in [4.78, 5) is 16.0. The van der Waals surface area contributed by atoms with Crippen molar-refractivity contribution in [1.82, 2.24) is 9.55 Å². The Morgan fingerprint density at radius 1 is 1.16 bits per heavy atom. The number of carbonyl (C=O) groups excluding carboxylic acids is 1. The Morgan fingerprint density at radius 3 is 2.52 bits per heavy atom. The quantitative estimate of drug-likeness (QED) is 0.689. The third-order valence-electron chi connectivity index (χ3n) is 3.81. The number of benzene rings is 2. The molecule has 5 nitrogen and oxygen atoms in total. The average molecular weight is 353 g/mol. The molecule has 3 rings (SSSR count). The first-order valence-electron chi connectivity index (χ1n) is 7.84. The molecule has 3 aromatic rings. The molecule has 0 spiro atoms. The van der Waals surface area contributed by atoms with E-state index >= 15 is 0 Å².